The van der Waals surface area contributed by atoms with Crippen molar-refractivity contribution in [3.05, 3.63) is 74.4 Å². The summed E-state index contributed by atoms with van der Waals surface area (Å²) in [5.74, 6) is 2.45. The number of H-pyrrole nitrogens is 1. The fourth-order valence-electron chi connectivity index (χ4n) is 3.02. The molecule has 4 aromatic rings. The molecule has 0 aliphatic carbocycles. The number of nitrogens with one attached hydrogen (secondary N) is 1. The first-order valence-corrected chi connectivity index (χ1v) is 11.7. The zero-order valence-electron chi connectivity index (χ0n) is 17.0. The largest absolute Gasteiger partial charge is 0.486 e. The number of rotatable bonds is 8. The van der Waals surface area contributed by atoms with Crippen LogP contribution in [-0.4, -0.2) is 24.7 Å². The van der Waals surface area contributed by atoms with E-state index in [4.69, 9.17) is 16.3 Å². The Kier molecular flexibility index (Phi) is 6.45. The second-order valence-electron chi connectivity index (χ2n) is 6.81. The Hall–Kier alpha value is -2.62. The summed E-state index contributed by atoms with van der Waals surface area (Å²) in [7, 11) is 0. The monoisotopic (exact) mass is 473 g/mol. The van der Waals surface area contributed by atoms with Crippen LogP contribution in [-0.2, 0) is 18.9 Å². The third kappa shape index (κ3) is 4.68. The lowest BCUT2D eigenvalue weighted by Gasteiger charge is -2.09. The van der Waals surface area contributed by atoms with Crippen molar-refractivity contribution < 1.29 is 4.74 Å². The highest BCUT2D eigenvalue weighted by Crippen LogP contribution is 2.27. The van der Waals surface area contributed by atoms with Gasteiger partial charge in [-0.25, -0.2) is 4.98 Å². The number of aromatic nitrogens is 5. The summed E-state index contributed by atoms with van der Waals surface area (Å²) in [5, 5.41) is 10.6. The van der Waals surface area contributed by atoms with Crippen LogP contribution in [0.25, 0.3) is 10.2 Å². The second kappa shape index (κ2) is 9.25. The van der Waals surface area contributed by atoms with Gasteiger partial charge in [-0.1, -0.05) is 29.4 Å². The van der Waals surface area contributed by atoms with E-state index in [1.54, 1.807) is 30.3 Å². The molecule has 0 fully saturated rings. The Morgan fingerprint density at radius 3 is 2.81 bits per heavy atom. The van der Waals surface area contributed by atoms with Gasteiger partial charge in [-0.05, 0) is 43.7 Å². The number of allylic oxidation sites excluding steroid dienone is 1. The minimum absolute atomic E-state index is 0.105. The van der Waals surface area contributed by atoms with Crippen LogP contribution in [0.2, 0.25) is 5.02 Å². The lowest BCUT2D eigenvalue weighted by molar-refractivity contribution is 0.289. The van der Waals surface area contributed by atoms with Gasteiger partial charge in [-0.15, -0.1) is 28.1 Å². The van der Waals surface area contributed by atoms with E-state index in [-0.39, 0.29) is 12.2 Å². The summed E-state index contributed by atoms with van der Waals surface area (Å²) in [4.78, 5) is 21.9. The maximum Gasteiger partial charge on any atom is 0.259 e. The number of ether oxygens (including phenoxy) is 1. The van der Waals surface area contributed by atoms with Gasteiger partial charge in [0, 0.05) is 16.4 Å². The molecule has 0 unspecified atom stereocenters. The zero-order valence-corrected chi connectivity index (χ0v) is 19.4. The first-order chi connectivity index (χ1) is 15.0. The quantitative estimate of drug-likeness (QED) is 0.289. The molecule has 4 rings (SSSR count). The lowest BCUT2D eigenvalue weighted by atomic mass is 10.2. The summed E-state index contributed by atoms with van der Waals surface area (Å²) in [6.45, 7) is 8.58. The van der Waals surface area contributed by atoms with Crippen molar-refractivity contribution in [1.82, 2.24) is 24.7 Å². The summed E-state index contributed by atoms with van der Waals surface area (Å²) in [6.07, 6.45) is 1.78. The van der Waals surface area contributed by atoms with Gasteiger partial charge in [0.2, 0.25) is 0 Å². The van der Waals surface area contributed by atoms with Crippen LogP contribution in [0, 0.1) is 13.8 Å². The Balaban J connectivity index is 1.50. The second-order valence-corrected chi connectivity index (χ2v) is 9.39. The van der Waals surface area contributed by atoms with Crippen LogP contribution in [0.4, 0.5) is 0 Å². The average molecular weight is 474 g/mol. The fourth-order valence-corrected chi connectivity index (χ4v) is 5.04. The third-order valence-corrected chi connectivity index (χ3v) is 7.04. The number of aryl methyl sites for hydroxylation is 2. The molecule has 3 heterocycles. The van der Waals surface area contributed by atoms with Crippen molar-refractivity contribution in [2.75, 3.05) is 0 Å². The predicted octanol–water partition coefficient (Wildman–Crippen LogP) is 4.90. The van der Waals surface area contributed by atoms with Gasteiger partial charge < -0.3 is 9.72 Å². The third-order valence-electron chi connectivity index (χ3n) is 4.71. The van der Waals surface area contributed by atoms with E-state index in [9.17, 15) is 4.79 Å². The van der Waals surface area contributed by atoms with E-state index in [0.717, 1.165) is 15.3 Å². The number of halogens is 1. The van der Waals surface area contributed by atoms with Crippen LogP contribution >= 0.6 is 34.7 Å². The van der Waals surface area contributed by atoms with Crippen LogP contribution in [0.1, 0.15) is 22.1 Å². The highest BCUT2D eigenvalue weighted by atomic mass is 35.5. The molecule has 3 aromatic heterocycles. The van der Waals surface area contributed by atoms with Crippen LogP contribution in [0.3, 0.4) is 0 Å². The van der Waals surface area contributed by atoms with E-state index in [2.05, 4.69) is 26.7 Å². The molecule has 160 valence electrons. The minimum atomic E-state index is -0.105. The molecule has 0 saturated carbocycles. The molecule has 0 spiro atoms. The Morgan fingerprint density at radius 2 is 2.06 bits per heavy atom. The number of nitrogens with zero attached hydrogens (tertiary/aromatic N) is 4. The molecular formula is C21H20ClN5O2S2. The zero-order chi connectivity index (χ0) is 22.0. The van der Waals surface area contributed by atoms with Crippen LogP contribution in [0.5, 0.6) is 5.75 Å². The maximum atomic E-state index is 12.5. The number of aromatic amines is 1. The summed E-state index contributed by atoms with van der Waals surface area (Å²) < 4.78 is 7.74. The first-order valence-electron chi connectivity index (χ1n) is 9.49. The molecule has 0 aliphatic heterocycles. The molecule has 0 atom stereocenters. The number of fused-ring (bicyclic) bond motifs is 1. The highest BCUT2D eigenvalue weighted by molar-refractivity contribution is 7.98. The van der Waals surface area contributed by atoms with Gasteiger partial charge in [-0.2, -0.15) is 0 Å². The van der Waals surface area contributed by atoms with Gasteiger partial charge in [0.25, 0.3) is 5.56 Å². The molecule has 0 saturated heterocycles. The molecule has 0 aliphatic rings. The van der Waals surface area contributed by atoms with Crippen molar-refractivity contribution in [2.24, 2.45) is 0 Å². The normalized spacial score (nSPS) is 11.2. The van der Waals surface area contributed by atoms with Gasteiger partial charge in [0.1, 0.15) is 23.0 Å². The molecule has 7 nitrogen and oxygen atoms in total. The van der Waals surface area contributed by atoms with Gasteiger partial charge in [0.05, 0.1) is 11.1 Å². The fraction of sp³-hybridized carbons (Fsp3) is 0.238. The lowest BCUT2D eigenvalue weighted by Crippen LogP contribution is -2.11. The van der Waals surface area contributed by atoms with Gasteiger partial charge in [0.15, 0.2) is 11.0 Å². The summed E-state index contributed by atoms with van der Waals surface area (Å²) >= 11 is 8.90. The van der Waals surface area contributed by atoms with Crippen molar-refractivity contribution in [3.63, 3.8) is 0 Å². The maximum absolute atomic E-state index is 12.5. The molecule has 0 amide bonds. The Labute approximate surface area is 192 Å². The summed E-state index contributed by atoms with van der Waals surface area (Å²) in [5.41, 5.74) is 0.885. The van der Waals surface area contributed by atoms with E-state index in [1.165, 1.54) is 23.1 Å². The van der Waals surface area contributed by atoms with Crippen LogP contribution in [0.15, 0.2) is 46.9 Å². The molecule has 0 bridgehead atoms. The van der Waals surface area contributed by atoms with Crippen molar-refractivity contribution in [2.45, 2.75) is 37.9 Å². The SMILES string of the molecule is C=CCn1c(COc2ccc(Cl)cc2)nnc1SCc1nc2sc(C)c(C)c2c(=O)[nH]1. The number of hydrogen-bond donors (Lipinski definition) is 1. The van der Waals surface area contributed by atoms with E-state index >= 15 is 0 Å². The summed E-state index contributed by atoms with van der Waals surface area (Å²) in [6, 6.07) is 7.15. The van der Waals surface area contributed by atoms with Crippen molar-refractivity contribution >= 4 is 44.9 Å². The molecule has 0 radical (unpaired) electrons. The topological polar surface area (TPSA) is 85.7 Å². The predicted molar refractivity (Wildman–Crippen MR) is 125 cm³/mol. The molecular weight excluding hydrogens is 454 g/mol. The molecule has 31 heavy (non-hydrogen) atoms. The standard InChI is InChI=1S/C21H20ClN5O2S2/c1-4-9-27-17(10-29-15-7-5-14(22)6-8-15)25-26-21(27)30-11-16-23-19(28)18-12(2)13(3)31-20(18)24-16/h4-8H,1,9-11H2,2-3H3,(H,23,24,28). The Bertz CT molecular complexity index is 1290. The Morgan fingerprint density at radius 1 is 1.29 bits per heavy atom. The van der Waals surface area contributed by atoms with E-state index in [0.29, 0.717) is 45.3 Å². The van der Waals surface area contributed by atoms with Gasteiger partial charge >= 0.3 is 0 Å². The molecule has 1 aromatic carbocycles. The van der Waals surface area contributed by atoms with E-state index in [1.807, 2.05) is 18.4 Å². The number of benzene rings is 1. The smallest absolute Gasteiger partial charge is 0.259 e. The average Bonchev–Trinajstić information content (AvgIpc) is 3.26. The number of hydrogen-bond acceptors (Lipinski definition) is 7. The first kappa shape index (κ1) is 21.6. The number of thioether (sulfide) groups is 1. The minimum Gasteiger partial charge on any atom is -0.486 e. The van der Waals surface area contributed by atoms with Crippen molar-refractivity contribution in [3.8, 4) is 5.75 Å². The van der Waals surface area contributed by atoms with E-state index < -0.39 is 0 Å². The van der Waals surface area contributed by atoms with Gasteiger partial charge in [-0.3, -0.25) is 9.36 Å². The highest BCUT2D eigenvalue weighted by Gasteiger charge is 2.15. The number of thiophene rings is 1. The van der Waals surface area contributed by atoms with Crippen LogP contribution < -0.4 is 10.3 Å². The van der Waals surface area contributed by atoms with Crippen molar-refractivity contribution in [1.29, 1.82) is 0 Å². The molecule has 1 N–H and O–H groups in total. The molecule has 10 heteroatoms.